The SMILES string of the molecule is COc1ccc(Br)c(C(=O)NCCSCc2ccccc2)c1. The highest BCUT2D eigenvalue weighted by Gasteiger charge is 2.10. The number of thioether (sulfide) groups is 1. The first-order valence-corrected chi connectivity index (χ1v) is 8.89. The summed E-state index contributed by atoms with van der Waals surface area (Å²) in [5.41, 5.74) is 1.89. The molecule has 0 aromatic heterocycles. The first-order valence-electron chi connectivity index (χ1n) is 6.94. The van der Waals surface area contributed by atoms with Gasteiger partial charge in [0.2, 0.25) is 0 Å². The maximum atomic E-state index is 12.2. The Kier molecular flexibility index (Phi) is 6.80. The van der Waals surface area contributed by atoms with Crippen LogP contribution in [0.1, 0.15) is 15.9 Å². The molecule has 0 aliphatic carbocycles. The maximum absolute atomic E-state index is 12.2. The number of hydrogen-bond acceptors (Lipinski definition) is 3. The van der Waals surface area contributed by atoms with Crippen LogP contribution < -0.4 is 10.1 Å². The van der Waals surface area contributed by atoms with Crippen molar-refractivity contribution in [2.24, 2.45) is 0 Å². The van der Waals surface area contributed by atoms with E-state index in [1.54, 1.807) is 24.9 Å². The van der Waals surface area contributed by atoms with Gasteiger partial charge >= 0.3 is 0 Å². The van der Waals surface area contributed by atoms with Crippen LogP contribution in [0.4, 0.5) is 0 Å². The lowest BCUT2D eigenvalue weighted by molar-refractivity contribution is 0.0955. The Bertz CT molecular complexity index is 619. The molecule has 0 heterocycles. The van der Waals surface area contributed by atoms with E-state index in [9.17, 15) is 4.79 Å². The summed E-state index contributed by atoms with van der Waals surface area (Å²) in [6.07, 6.45) is 0. The van der Waals surface area contributed by atoms with Crippen molar-refractivity contribution >= 4 is 33.6 Å². The van der Waals surface area contributed by atoms with E-state index in [1.165, 1.54) is 5.56 Å². The zero-order chi connectivity index (χ0) is 15.8. The highest BCUT2D eigenvalue weighted by atomic mass is 79.9. The largest absolute Gasteiger partial charge is 0.497 e. The molecule has 22 heavy (non-hydrogen) atoms. The Balaban J connectivity index is 1.76. The Hall–Kier alpha value is -1.46. The average molecular weight is 380 g/mol. The minimum absolute atomic E-state index is 0.0916. The molecule has 3 nitrogen and oxygen atoms in total. The third kappa shape index (κ3) is 5.07. The van der Waals surface area contributed by atoms with Crippen molar-refractivity contribution in [1.29, 1.82) is 0 Å². The van der Waals surface area contributed by atoms with Crippen molar-refractivity contribution in [1.82, 2.24) is 5.32 Å². The van der Waals surface area contributed by atoms with Gasteiger partial charge in [0.25, 0.3) is 5.91 Å². The molecule has 0 saturated heterocycles. The van der Waals surface area contributed by atoms with E-state index in [2.05, 4.69) is 33.4 Å². The molecule has 0 radical (unpaired) electrons. The molecule has 0 aliphatic heterocycles. The predicted octanol–water partition coefficient (Wildman–Crippen LogP) is 4.12. The monoisotopic (exact) mass is 379 g/mol. The lowest BCUT2D eigenvalue weighted by Crippen LogP contribution is -2.26. The molecule has 5 heteroatoms. The summed E-state index contributed by atoms with van der Waals surface area (Å²) < 4.78 is 5.91. The standard InChI is InChI=1S/C17H18BrNO2S/c1-21-14-7-8-16(18)15(11-14)17(20)19-9-10-22-12-13-5-3-2-4-6-13/h2-8,11H,9-10,12H2,1H3,(H,19,20). The average Bonchev–Trinajstić information content (AvgIpc) is 2.55. The summed E-state index contributed by atoms with van der Waals surface area (Å²) in [6, 6.07) is 15.7. The smallest absolute Gasteiger partial charge is 0.252 e. The van der Waals surface area contributed by atoms with Crippen LogP contribution in [0.25, 0.3) is 0 Å². The fraction of sp³-hybridized carbons (Fsp3) is 0.235. The molecule has 0 saturated carbocycles. The molecule has 0 bridgehead atoms. The maximum Gasteiger partial charge on any atom is 0.252 e. The molecule has 0 fully saturated rings. The van der Waals surface area contributed by atoms with E-state index in [1.807, 2.05) is 30.3 Å². The minimum Gasteiger partial charge on any atom is -0.497 e. The van der Waals surface area contributed by atoms with Crippen LogP contribution in [-0.2, 0) is 5.75 Å². The molecule has 0 atom stereocenters. The Morgan fingerprint density at radius 3 is 2.73 bits per heavy atom. The van der Waals surface area contributed by atoms with Gasteiger partial charge in [0.05, 0.1) is 12.7 Å². The fourth-order valence-electron chi connectivity index (χ4n) is 1.90. The lowest BCUT2D eigenvalue weighted by Gasteiger charge is -2.08. The normalized spacial score (nSPS) is 10.3. The second-order valence-corrected chi connectivity index (χ2v) is 6.60. The van der Waals surface area contributed by atoms with Gasteiger partial charge in [-0.15, -0.1) is 0 Å². The summed E-state index contributed by atoms with van der Waals surface area (Å²) in [7, 11) is 1.59. The predicted molar refractivity (Wildman–Crippen MR) is 95.6 cm³/mol. The number of amides is 1. The summed E-state index contributed by atoms with van der Waals surface area (Å²) >= 11 is 5.20. The molecule has 0 unspecified atom stereocenters. The van der Waals surface area contributed by atoms with Crippen LogP contribution in [0.2, 0.25) is 0 Å². The van der Waals surface area contributed by atoms with Crippen molar-refractivity contribution in [2.75, 3.05) is 19.4 Å². The van der Waals surface area contributed by atoms with Gasteiger partial charge in [-0.1, -0.05) is 30.3 Å². The Labute approximate surface area is 143 Å². The van der Waals surface area contributed by atoms with Gasteiger partial charge in [-0.2, -0.15) is 11.8 Å². The van der Waals surface area contributed by atoms with Crippen molar-refractivity contribution < 1.29 is 9.53 Å². The fourth-order valence-corrected chi connectivity index (χ4v) is 3.15. The van der Waals surface area contributed by atoms with Gasteiger partial charge < -0.3 is 10.1 Å². The van der Waals surface area contributed by atoms with E-state index < -0.39 is 0 Å². The van der Waals surface area contributed by atoms with E-state index in [4.69, 9.17) is 4.74 Å². The number of ether oxygens (including phenoxy) is 1. The molecule has 0 aliphatic rings. The second kappa shape index (κ2) is 8.86. The summed E-state index contributed by atoms with van der Waals surface area (Å²) in [6.45, 7) is 0.639. The molecular weight excluding hydrogens is 362 g/mol. The van der Waals surface area contributed by atoms with Gasteiger partial charge in [-0.3, -0.25) is 4.79 Å². The van der Waals surface area contributed by atoms with Crippen LogP contribution in [0.15, 0.2) is 53.0 Å². The molecule has 2 aromatic rings. The number of rotatable bonds is 7. The second-order valence-electron chi connectivity index (χ2n) is 4.64. The highest BCUT2D eigenvalue weighted by Crippen LogP contribution is 2.22. The molecule has 116 valence electrons. The van der Waals surface area contributed by atoms with Crippen molar-refractivity contribution in [3.8, 4) is 5.75 Å². The molecular formula is C17H18BrNO2S. The van der Waals surface area contributed by atoms with E-state index >= 15 is 0 Å². The first-order chi connectivity index (χ1) is 10.7. The zero-order valence-corrected chi connectivity index (χ0v) is 14.7. The topological polar surface area (TPSA) is 38.3 Å². The first kappa shape index (κ1) is 16.9. The van der Waals surface area contributed by atoms with Gasteiger partial charge in [-0.05, 0) is 39.7 Å². The Morgan fingerprint density at radius 2 is 2.00 bits per heavy atom. The summed E-state index contributed by atoms with van der Waals surface area (Å²) in [4.78, 5) is 12.2. The van der Waals surface area contributed by atoms with E-state index in [0.717, 1.165) is 16.0 Å². The Morgan fingerprint density at radius 1 is 1.23 bits per heavy atom. The third-order valence-electron chi connectivity index (χ3n) is 3.06. The number of carbonyl (C=O) groups excluding carboxylic acids is 1. The molecule has 0 spiro atoms. The van der Waals surface area contributed by atoms with Gasteiger partial charge in [0, 0.05) is 22.5 Å². The number of methoxy groups -OCH3 is 1. The van der Waals surface area contributed by atoms with Crippen LogP contribution in [0.3, 0.4) is 0 Å². The van der Waals surface area contributed by atoms with Crippen LogP contribution >= 0.6 is 27.7 Å². The van der Waals surface area contributed by atoms with Crippen LogP contribution in [-0.4, -0.2) is 25.3 Å². The number of nitrogens with one attached hydrogen (secondary N) is 1. The molecule has 2 rings (SSSR count). The summed E-state index contributed by atoms with van der Waals surface area (Å²) in [5, 5.41) is 2.93. The number of benzene rings is 2. The zero-order valence-electron chi connectivity index (χ0n) is 12.3. The lowest BCUT2D eigenvalue weighted by atomic mass is 10.2. The van der Waals surface area contributed by atoms with E-state index in [-0.39, 0.29) is 5.91 Å². The number of carbonyl (C=O) groups is 1. The van der Waals surface area contributed by atoms with Gasteiger partial charge in [-0.25, -0.2) is 0 Å². The number of halogens is 1. The van der Waals surface area contributed by atoms with Crippen LogP contribution in [0, 0.1) is 0 Å². The molecule has 1 N–H and O–H groups in total. The van der Waals surface area contributed by atoms with Crippen LogP contribution in [0.5, 0.6) is 5.75 Å². The van der Waals surface area contributed by atoms with Gasteiger partial charge in [0.1, 0.15) is 5.75 Å². The van der Waals surface area contributed by atoms with Crippen molar-refractivity contribution in [3.05, 3.63) is 64.1 Å². The summed E-state index contributed by atoms with van der Waals surface area (Å²) in [5.74, 6) is 2.42. The molecule has 2 aromatic carbocycles. The van der Waals surface area contributed by atoms with Crippen molar-refractivity contribution in [3.63, 3.8) is 0 Å². The third-order valence-corrected chi connectivity index (χ3v) is 4.78. The quantitative estimate of drug-likeness (QED) is 0.735. The van der Waals surface area contributed by atoms with Gasteiger partial charge in [0.15, 0.2) is 0 Å². The number of hydrogen-bond donors (Lipinski definition) is 1. The highest BCUT2D eigenvalue weighted by molar-refractivity contribution is 9.10. The minimum atomic E-state index is -0.0916. The molecule has 1 amide bonds. The van der Waals surface area contributed by atoms with Crippen molar-refractivity contribution in [2.45, 2.75) is 5.75 Å². The van der Waals surface area contributed by atoms with E-state index in [0.29, 0.717) is 17.9 Å².